The lowest BCUT2D eigenvalue weighted by Gasteiger charge is -2.04. The van der Waals surface area contributed by atoms with Gasteiger partial charge >= 0.3 is 0 Å². The average molecular weight is 135 g/mol. The Bertz CT molecular complexity index is 51.7. The molecule has 2 nitrogen and oxygen atoms in total. The number of hydrogen-bond donors (Lipinski definition) is 2. The van der Waals surface area contributed by atoms with Crippen LogP contribution < -0.4 is 5.73 Å². The van der Waals surface area contributed by atoms with Gasteiger partial charge in [-0.15, -0.1) is 11.8 Å². The molecule has 0 aromatic carbocycles. The average Bonchev–Trinajstić information content (AvgIpc) is 1.83. The topological polar surface area (TPSA) is 46.2 Å². The Morgan fingerprint density at radius 1 is 1.75 bits per heavy atom. The van der Waals surface area contributed by atoms with E-state index < -0.39 is 0 Å². The molecule has 0 aliphatic heterocycles. The van der Waals surface area contributed by atoms with E-state index in [4.69, 9.17) is 10.8 Å². The van der Waals surface area contributed by atoms with E-state index in [2.05, 4.69) is 6.92 Å². The van der Waals surface area contributed by atoms with E-state index in [0.717, 1.165) is 12.2 Å². The summed E-state index contributed by atoms with van der Waals surface area (Å²) in [5, 5.41) is 8.34. The molecule has 0 spiro atoms. The van der Waals surface area contributed by atoms with Crippen LogP contribution in [0.3, 0.4) is 0 Å². The molecule has 0 fully saturated rings. The molecule has 1 unspecified atom stereocenters. The molecule has 8 heavy (non-hydrogen) atoms. The van der Waals surface area contributed by atoms with E-state index in [1.807, 2.05) is 0 Å². The molecule has 1 atom stereocenters. The SMILES string of the molecule is CCCSC(N)CO. The fraction of sp³-hybridized carbons (Fsp3) is 1.00. The van der Waals surface area contributed by atoms with Crippen LogP contribution in [-0.2, 0) is 0 Å². The summed E-state index contributed by atoms with van der Waals surface area (Å²) in [5.74, 6) is 1.04. The van der Waals surface area contributed by atoms with Crippen LogP contribution in [0.2, 0.25) is 0 Å². The zero-order valence-corrected chi connectivity index (χ0v) is 5.95. The summed E-state index contributed by atoms with van der Waals surface area (Å²) in [6.07, 6.45) is 1.12. The van der Waals surface area contributed by atoms with Crippen molar-refractivity contribution in [2.45, 2.75) is 18.7 Å². The van der Waals surface area contributed by atoms with Gasteiger partial charge in [0.15, 0.2) is 0 Å². The molecule has 0 saturated heterocycles. The van der Waals surface area contributed by atoms with Gasteiger partial charge in [0.05, 0.1) is 12.0 Å². The monoisotopic (exact) mass is 135 g/mol. The van der Waals surface area contributed by atoms with Gasteiger partial charge in [-0.05, 0) is 12.2 Å². The quantitative estimate of drug-likeness (QED) is 0.549. The molecule has 0 saturated carbocycles. The van der Waals surface area contributed by atoms with Crippen molar-refractivity contribution in [3.63, 3.8) is 0 Å². The summed E-state index contributed by atoms with van der Waals surface area (Å²) in [4.78, 5) is 0. The van der Waals surface area contributed by atoms with Gasteiger partial charge in [-0.1, -0.05) is 6.92 Å². The van der Waals surface area contributed by atoms with Crippen molar-refractivity contribution in [1.29, 1.82) is 0 Å². The van der Waals surface area contributed by atoms with Crippen molar-refractivity contribution >= 4 is 11.8 Å². The van der Waals surface area contributed by atoms with Crippen molar-refractivity contribution in [3.8, 4) is 0 Å². The minimum atomic E-state index is -0.0741. The maximum Gasteiger partial charge on any atom is 0.0741 e. The van der Waals surface area contributed by atoms with Crippen molar-refractivity contribution < 1.29 is 5.11 Å². The second kappa shape index (κ2) is 5.41. The van der Waals surface area contributed by atoms with Gasteiger partial charge in [-0.2, -0.15) is 0 Å². The highest BCUT2D eigenvalue weighted by molar-refractivity contribution is 7.99. The Morgan fingerprint density at radius 3 is 2.75 bits per heavy atom. The molecule has 0 rings (SSSR count). The Kier molecular flexibility index (Phi) is 5.59. The van der Waals surface area contributed by atoms with E-state index in [-0.39, 0.29) is 12.0 Å². The molecule has 3 N–H and O–H groups in total. The lowest BCUT2D eigenvalue weighted by Crippen LogP contribution is -2.20. The van der Waals surface area contributed by atoms with Crippen LogP contribution in [0.15, 0.2) is 0 Å². The minimum Gasteiger partial charge on any atom is -0.394 e. The fourth-order valence-corrected chi connectivity index (χ4v) is 0.966. The Hall–Kier alpha value is 0.270. The van der Waals surface area contributed by atoms with Gasteiger partial charge in [0.25, 0.3) is 0 Å². The van der Waals surface area contributed by atoms with E-state index in [9.17, 15) is 0 Å². The summed E-state index contributed by atoms with van der Waals surface area (Å²) >= 11 is 1.60. The van der Waals surface area contributed by atoms with Crippen LogP contribution in [0.5, 0.6) is 0 Å². The van der Waals surface area contributed by atoms with Gasteiger partial charge in [0.1, 0.15) is 0 Å². The molecule has 0 amide bonds. The van der Waals surface area contributed by atoms with Crippen molar-refractivity contribution in [3.05, 3.63) is 0 Å². The number of thioether (sulfide) groups is 1. The number of aliphatic hydroxyl groups is 1. The largest absolute Gasteiger partial charge is 0.394 e. The zero-order chi connectivity index (χ0) is 6.41. The van der Waals surface area contributed by atoms with Gasteiger partial charge < -0.3 is 10.8 Å². The second-order valence-electron chi connectivity index (χ2n) is 1.59. The normalized spacial score (nSPS) is 13.9. The van der Waals surface area contributed by atoms with Crippen LogP contribution in [0.25, 0.3) is 0 Å². The standard InChI is InChI=1S/C5H13NOS/c1-2-3-8-5(6)4-7/h5,7H,2-4,6H2,1H3. The summed E-state index contributed by atoms with van der Waals surface area (Å²) in [5.41, 5.74) is 5.37. The zero-order valence-electron chi connectivity index (χ0n) is 5.13. The van der Waals surface area contributed by atoms with Crippen molar-refractivity contribution in [2.24, 2.45) is 5.73 Å². The van der Waals surface area contributed by atoms with E-state index in [1.54, 1.807) is 11.8 Å². The summed E-state index contributed by atoms with van der Waals surface area (Å²) in [6, 6.07) is 0. The summed E-state index contributed by atoms with van der Waals surface area (Å²) in [6.45, 7) is 2.18. The van der Waals surface area contributed by atoms with E-state index in [0.29, 0.717) is 0 Å². The van der Waals surface area contributed by atoms with E-state index in [1.165, 1.54) is 0 Å². The number of aliphatic hydroxyl groups excluding tert-OH is 1. The molecule has 3 heteroatoms. The fourth-order valence-electron chi connectivity index (χ4n) is 0.322. The molecule has 0 aliphatic carbocycles. The Balaban J connectivity index is 2.86. The maximum absolute atomic E-state index is 8.42. The van der Waals surface area contributed by atoms with Crippen LogP contribution in [0.4, 0.5) is 0 Å². The molecule has 0 aliphatic rings. The number of nitrogens with two attached hydrogens (primary N) is 1. The van der Waals surface area contributed by atoms with Crippen LogP contribution >= 0.6 is 11.8 Å². The molecule has 0 radical (unpaired) electrons. The number of hydrogen-bond acceptors (Lipinski definition) is 3. The first-order valence-electron chi connectivity index (χ1n) is 2.79. The first-order valence-corrected chi connectivity index (χ1v) is 3.84. The van der Waals surface area contributed by atoms with E-state index >= 15 is 0 Å². The second-order valence-corrected chi connectivity index (χ2v) is 2.94. The van der Waals surface area contributed by atoms with Gasteiger partial charge in [-0.25, -0.2) is 0 Å². The van der Waals surface area contributed by atoms with Crippen LogP contribution in [0, 0.1) is 0 Å². The van der Waals surface area contributed by atoms with Gasteiger partial charge in [-0.3, -0.25) is 0 Å². The lowest BCUT2D eigenvalue weighted by atomic mass is 10.6. The van der Waals surface area contributed by atoms with Crippen molar-refractivity contribution in [2.75, 3.05) is 12.4 Å². The minimum absolute atomic E-state index is 0.0741. The third-order valence-corrected chi connectivity index (χ3v) is 1.94. The highest BCUT2D eigenvalue weighted by Crippen LogP contribution is 2.04. The van der Waals surface area contributed by atoms with Gasteiger partial charge in [0.2, 0.25) is 0 Å². The predicted molar refractivity (Wildman–Crippen MR) is 37.8 cm³/mol. The summed E-state index contributed by atoms with van der Waals surface area (Å²) < 4.78 is 0. The first-order chi connectivity index (χ1) is 3.81. The molecule has 0 aromatic heterocycles. The lowest BCUT2D eigenvalue weighted by molar-refractivity contribution is 0.296. The first kappa shape index (κ1) is 8.27. The molecule has 0 heterocycles. The van der Waals surface area contributed by atoms with Crippen LogP contribution in [0.1, 0.15) is 13.3 Å². The Labute approximate surface area is 54.5 Å². The molecule has 50 valence electrons. The van der Waals surface area contributed by atoms with Gasteiger partial charge in [0, 0.05) is 0 Å². The highest BCUT2D eigenvalue weighted by Gasteiger charge is 1.96. The predicted octanol–water partition coefficient (Wildman–Crippen LogP) is 0.407. The molecular formula is C5H13NOS. The Morgan fingerprint density at radius 2 is 2.38 bits per heavy atom. The number of rotatable bonds is 4. The van der Waals surface area contributed by atoms with Crippen molar-refractivity contribution in [1.82, 2.24) is 0 Å². The van der Waals surface area contributed by atoms with Crippen LogP contribution in [-0.4, -0.2) is 22.8 Å². The molecule has 0 bridgehead atoms. The highest BCUT2D eigenvalue weighted by atomic mass is 32.2. The third-order valence-electron chi connectivity index (χ3n) is 0.716. The molecule has 0 aromatic rings. The smallest absolute Gasteiger partial charge is 0.0741 e. The molecular weight excluding hydrogens is 122 g/mol. The summed E-state index contributed by atoms with van der Waals surface area (Å²) in [7, 11) is 0. The third kappa shape index (κ3) is 4.43. The maximum atomic E-state index is 8.42.